The van der Waals surface area contributed by atoms with E-state index in [1.54, 1.807) is 0 Å². The summed E-state index contributed by atoms with van der Waals surface area (Å²) in [6, 6.07) is 1.40. The van der Waals surface area contributed by atoms with E-state index in [2.05, 4.69) is 5.32 Å². The number of aliphatic hydroxyl groups excluding tert-OH is 1. The van der Waals surface area contributed by atoms with Crippen LogP contribution in [0.4, 0.5) is 0 Å². The lowest BCUT2D eigenvalue weighted by Gasteiger charge is -2.24. The van der Waals surface area contributed by atoms with Crippen LogP contribution in [0.2, 0.25) is 0 Å². The maximum Gasteiger partial charge on any atom is 0.0445 e. The van der Waals surface area contributed by atoms with Crippen LogP contribution in [0.1, 0.15) is 38.5 Å². The molecule has 0 aromatic rings. The average Bonchev–Trinajstić information content (AvgIpc) is 2.47. The van der Waals surface area contributed by atoms with Gasteiger partial charge >= 0.3 is 0 Å². The van der Waals surface area contributed by atoms with Gasteiger partial charge in [-0.25, -0.2) is 0 Å². The van der Waals surface area contributed by atoms with E-state index in [-0.39, 0.29) is 0 Å². The molecule has 1 heterocycles. The fourth-order valence-electron chi connectivity index (χ4n) is 2.80. The van der Waals surface area contributed by atoms with Crippen LogP contribution in [0.5, 0.6) is 0 Å². The van der Waals surface area contributed by atoms with E-state index in [1.807, 2.05) is 0 Å². The quantitative estimate of drug-likeness (QED) is 0.653. The monoisotopic (exact) mass is 169 g/mol. The lowest BCUT2D eigenvalue weighted by molar-refractivity contribution is 0.268. The molecule has 3 atom stereocenters. The summed E-state index contributed by atoms with van der Waals surface area (Å²) in [6.45, 7) is 0.344. The topological polar surface area (TPSA) is 32.3 Å². The summed E-state index contributed by atoms with van der Waals surface area (Å²) in [6.07, 6.45) is 7.87. The second-order valence-electron chi connectivity index (χ2n) is 4.26. The standard InChI is InChI=1S/C10H19NO/c12-6-5-9-7-8-3-1-2-4-10(8)11-9/h8-12H,1-7H2/t8-,9?,10-/m0/s1. The molecule has 0 spiro atoms. The van der Waals surface area contributed by atoms with Gasteiger partial charge in [-0.1, -0.05) is 12.8 Å². The van der Waals surface area contributed by atoms with Gasteiger partial charge in [0.2, 0.25) is 0 Å². The molecule has 1 unspecified atom stereocenters. The molecule has 0 aromatic carbocycles. The SMILES string of the molecule is OCCC1C[C@@H]2CCCC[C@@H]2N1. The number of rotatable bonds is 2. The van der Waals surface area contributed by atoms with Crippen molar-refractivity contribution in [1.29, 1.82) is 0 Å². The number of fused-ring (bicyclic) bond motifs is 1. The van der Waals surface area contributed by atoms with E-state index in [0.717, 1.165) is 18.4 Å². The van der Waals surface area contributed by atoms with Gasteiger partial charge in [-0.3, -0.25) is 0 Å². The maximum atomic E-state index is 8.82. The van der Waals surface area contributed by atoms with Crippen molar-refractivity contribution in [3.8, 4) is 0 Å². The van der Waals surface area contributed by atoms with Gasteiger partial charge in [0.1, 0.15) is 0 Å². The second-order valence-corrected chi connectivity index (χ2v) is 4.26. The molecule has 2 rings (SSSR count). The van der Waals surface area contributed by atoms with Gasteiger partial charge in [-0.2, -0.15) is 0 Å². The van der Waals surface area contributed by atoms with Gasteiger partial charge < -0.3 is 10.4 Å². The highest BCUT2D eigenvalue weighted by Gasteiger charge is 2.34. The molecule has 1 aliphatic heterocycles. The molecular formula is C10H19NO. The van der Waals surface area contributed by atoms with Crippen molar-refractivity contribution >= 4 is 0 Å². The van der Waals surface area contributed by atoms with Crippen molar-refractivity contribution in [1.82, 2.24) is 5.32 Å². The van der Waals surface area contributed by atoms with Crippen molar-refractivity contribution in [3.05, 3.63) is 0 Å². The zero-order chi connectivity index (χ0) is 8.39. The Kier molecular flexibility index (Phi) is 2.66. The third kappa shape index (κ3) is 1.64. The van der Waals surface area contributed by atoms with Crippen molar-refractivity contribution in [2.45, 2.75) is 50.6 Å². The van der Waals surface area contributed by atoms with Gasteiger partial charge in [0, 0.05) is 18.7 Å². The summed E-state index contributed by atoms with van der Waals surface area (Å²) < 4.78 is 0. The van der Waals surface area contributed by atoms with Crippen LogP contribution < -0.4 is 5.32 Å². The van der Waals surface area contributed by atoms with Crippen LogP contribution in [-0.4, -0.2) is 23.8 Å². The lowest BCUT2D eigenvalue weighted by atomic mass is 9.85. The van der Waals surface area contributed by atoms with Crippen LogP contribution >= 0.6 is 0 Å². The summed E-state index contributed by atoms with van der Waals surface area (Å²) >= 11 is 0. The van der Waals surface area contributed by atoms with Crippen LogP contribution in [0, 0.1) is 5.92 Å². The van der Waals surface area contributed by atoms with E-state index < -0.39 is 0 Å². The maximum absolute atomic E-state index is 8.82. The molecule has 0 radical (unpaired) electrons. The molecule has 2 N–H and O–H groups in total. The smallest absolute Gasteiger partial charge is 0.0445 e. The highest BCUT2D eigenvalue weighted by molar-refractivity contribution is 4.92. The zero-order valence-electron chi connectivity index (χ0n) is 7.63. The predicted molar refractivity (Wildman–Crippen MR) is 49.0 cm³/mol. The van der Waals surface area contributed by atoms with Crippen molar-refractivity contribution < 1.29 is 5.11 Å². The first-order chi connectivity index (χ1) is 5.90. The van der Waals surface area contributed by atoms with Crippen molar-refractivity contribution in [2.75, 3.05) is 6.61 Å². The Morgan fingerprint density at radius 2 is 2.08 bits per heavy atom. The van der Waals surface area contributed by atoms with Gasteiger partial charge in [-0.15, -0.1) is 0 Å². The van der Waals surface area contributed by atoms with Gasteiger partial charge in [0.05, 0.1) is 0 Å². The van der Waals surface area contributed by atoms with Crippen molar-refractivity contribution in [3.63, 3.8) is 0 Å². The molecular weight excluding hydrogens is 150 g/mol. The van der Waals surface area contributed by atoms with E-state index in [9.17, 15) is 0 Å². The minimum atomic E-state index is 0.344. The predicted octanol–water partition coefficient (Wildman–Crippen LogP) is 1.29. The van der Waals surface area contributed by atoms with E-state index >= 15 is 0 Å². The minimum Gasteiger partial charge on any atom is -0.396 e. The largest absolute Gasteiger partial charge is 0.396 e. The molecule has 12 heavy (non-hydrogen) atoms. The Morgan fingerprint density at radius 3 is 2.83 bits per heavy atom. The first-order valence-corrected chi connectivity index (χ1v) is 5.27. The molecule has 2 aliphatic rings. The van der Waals surface area contributed by atoms with Crippen molar-refractivity contribution in [2.24, 2.45) is 5.92 Å². The lowest BCUT2D eigenvalue weighted by Crippen LogP contribution is -2.33. The molecule has 0 amide bonds. The number of aliphatic hydroxyl groups is 1. The Morgan fingerprint density at radius 1 is 1.25 bits per heavy atom. The summed E-state index contributed by atoms with van der Waals surface area (Å²) in [4.78, 5) is 0. The summed E-state index contributed by atoms with van der Waals surface area (Å²) in [5, 5.41) is 12.5. The third-order valence-corrected chi connectivity index (χ3v) is 3.42. The fraction of sp³-hybridized carbons (Fsp3) is 1.00. The zero-order valence-corrected chi connectivity index (χ0v) is 7.63. The third-order valence-electron chi connectivity index (χ3n) is 3.42. The van der Waals surface area contributed by atoms with E-state index in [4.69, 9.17) is 5.11 Å². The number of hydrogen-bond acceptors (Lipinski definition) is 2. The van der Waals surface area contributed by atoms with Crippen LogP contribution in [0.25, 0.3) is 0 Å². The minimum absolute atomic E-state index is 0.344. The Labute approximate surface area is 74.4 Å². The number of hydrogen-bond donors (Lipinski definition) is 2. The summed E-state index contributed by atoms with van der Waals surface area (Å²) in [7, 11) is 0. The summed E-state index contributed by atoms with van der Waals surface area (Å²) in [5.74, 6) is 0.926. The van der Waals surface area contributed by atoms with Crippen LogP contribution in [0.15, 0.2) is 0 Å². The van der Waals surface area contributed by atoms with E-state index in [1.165, 1.54) is 32.1 Å². The first kappa shape index (κ1) is 8.52. The molecule has 2 heteroatoms. The van der Waals surface area contributed by atoms with E-state index in [0.29, 0.717) is 12.6 Å². The molecule has 2 nitrogen and oxygen atoms in total. The van der Waals surface area contributed by atoms with Crippen LogP contribution in [-0.2, 0) is 0 Å². The van der Waals surface area contributed by atoms with Gasteiger partial charge in [-0.05, 0) is 31.6 Å². The highest BCUT2D eigenvalue weighted by atomic mass is 16.3. The number of nitrogens with one attached hydrogen (secondary N) is 1. The second kappa shape index (κ2) is 3.75. The highest BCUT2D eigenvalue weighted by Crippen LogP contribution is 2.33. The Bertz CT molecular complexity index is 135. The Balaban J connectivity index is 1.85. The molecule has 70 valence electrons. The molecule has 1 saturated heterocycles. The molecule has 0 aromatic heterocycles. The van der Waals surface area contributed by atoms with Crippen LogP contribution in [0.3, 0.4) is 0 Å². The Hall–Kier alpha value is -0.0800. The molecule has 1 saturated carbocycles. The molecule has 2 fully saturated rings. The van der Waals surface area contributed by atoms with Gasteiger partial charge in [0.25, 0.3) is 0 Å². The molecule has 1 aliphatic carbocycles. The summed E-state index contributed by atoms with van der Waals surface area (Å²) in [5.41, 5.74) is 0. The normalized spacial score (nSPS) is 41.2. The average molecular weight is 169 g/mol. The van der Waals surface area contributed by atoms with Gasteiger partial charge in [0.15, 0.2) is 0 Å². The molecule has 0 bridgehead atoms. The fourth-order valence-corrected chi connectivity index (χ4v) is 2.80. The first-order valence-electron chi connectivity index (χ1n) is 5.27.